The number of carbonyl (C=O) groups excluding carboxylic acids is 1. The predicted molar refractivity (Wildman–Crippen MR) is 122 cm³/mol. The van der Waals surface area contributed by atoms with E-state index >= 15 is 0 Å². The quantitative estimate of drug-likeness (QED) is 0.435. The zero-order chi connectivity index (χ0) is 22.6. The Bertz CT molecular complexity index is 838. The van der Waals surface area contributed by atoms with Crippen LogP contribution in [0.25, 0.3) is 0 Å². The van der Waals surface area contributed by atoms with Gasteiger partial charge in [0.1, 0.15) is 18.4 Å². The summed E-state index contributed by atoms with van der Waals surface area (Å²) < 4.78 is 11.1. The van der Waals surface area contributed by atoms with Gasteiger partial charge in [-0.15, -0.1) is 0 Å². The van der Waals surface area contributed by atoms with Crippen molar-refractivity contribution in [1.82, 2.24) is 10.2 Å². The van der Waals surface area contributed by atoms with E-state index in [2.05, 4.69) is 15.5 Å². The summed E-state index contributed by atoms with van der Waals surface area (Å²) >= 11 is 0. The molecule has 3 rings (SSSR count). The van der Waals surface area contributed by atoms with E-state index in [0.717, 1.165) is 44.8 Å². The molecule has 1 unspecified atom stereocenters. The first-order valence-corrected chi connectivity index (χ1v) is 10.9. The van der Waals surface area contributed by atoms with Gasteiger partial charge in [0, 0.05) is 18.8 Å². The molecule has 0 spiro atoms. The number of aliphatic carboxylic acids is 1. The fourth-order valence-corrected chi connectivity index (χ4v) is 3.42. The number of carboxylic acid groups (broad SMARTS) is 1. The molecule has 8 nitrogen and oxygen atoms in total. The van der Waals surface area contributed by atoms with Crippen molar-refractivity contribution in [3.8, 4) is 5.75 Å². The van der Waals surface area contributed by atoms with Gasteiger partial charge in [0.05, 0.1) is 19.6 Å². The summed E-state index contributed by atoms with van der Waals surface area (Å²) in [7, 11) is 0. The summed E-state index contributed by atoms with van der Waals surface area (Å²) in [4.78, 5) is 26.2. The average molecular weight is 442 g/mol. The van der Waals surface area contributed by atoms with Crippen molar-refractivity contribution >= 4 is 17.6 Å². The molecule has 0 saturated carbocycles. The fraction of sp³-hybridized carbons (Fsp3) is 0.417. The van der Waals surface area contributed by atoms with Gasteiger partial charge in [-0.2, -0.15) is 0 Å². The summed E-state index contributed by atoms with van der Waals surface area (Å²) in [5.74, 6) is -0.690. The SMILES string of the molecule is O=C(CC(NCCCN1CCOCC1)C(=O)O)Nc1ccc(OCc2ccccc2)cc1. The molecule has 172 valence electrons. The van der Waals surface area contributed by atoms with E-state index in [1.807, 2.05) is 30.3 Å². The van der Waals surface area contributed by atoms with Crippen LogP contribution in [0.15, 0.2) is 54.6 Å². The van der Waals surface area contributed by atoms with Gasteiger partial charge in [-0.05, 0) is 49.3 Å². The molecule has 1 saturated heterocycles. The molecule has 1 atom stereocenters. The van der Waals surface area contributed by atoms with Crippen LogP contribution in [-0.4, -0.2) is 67.3 Å². The van der Waals surface area contributed by atoms with Gasteiger partial charge in [-0.25, -0.2) is 0 Å². The van der Waals surface area contributed by atoms with E-state index in [9.17, 15) is 14.7 Å². The van der Waals surface area contributed by atoms with Crippen LogP contribution in [0.2, 0.25) is 0 Å². The molecule has 3 N–H and O–H groups in total. The molecule has 1 aliphatic rings. The second-order valence-electron chi connectivity index (χ2n) is 7.70. The van der Waals surface area contributed by atoms with Gasteiger partial charge in [0.25, 0.3) is 0 Å². The van der Waals surface area contributed by atoms with Crippen molar-refractivity contribution in [2.24, 2.45) is 0 Å². The lowest BCUT2D eigenvalue weighted by Gasteiger charge is -2.26. The fourth-order valence-electron chi connectivity index (χ4n) is 3.42. The summed E-state index contributed by atoms with van der Waals surface area (Å²) in [6, 6.07) is 16.0. The Kier molecular flexibility index (Phi) is 9.49. The van der Waals surface area contributed by atoms with Crippen LogP contribution in [0.4, 0.5) is 5.69 Å². The Morgan fingerprint density at radius 2 is 1.78 bits per heavy atom. The number of carboxylic acids is 1. The number of benzene rings is 2. The zero-order valence-corrected chi connectivity index (χ0v) is 18.2. The molecule has 0 radical (unpaired) electrons. The standard InChI is InChI=1S/C24H31N3O5/c28-23(17-22(24(29)30)25-11-4-12-27-13-15-31-16-14-27)26-20-7-9-21(10-8-20)32-18-19-5-2-1-3-6-19/h1-3,5-10,22,25H,4,11-18H2,(H,26,28)(H,29,30). The molecule has 2 aromatic rings. The normalized spacial score (nSPS) is 15.1. The summed E-state index contributed by atoms with van der Waals surface area (Å²) in [6.07, 6.45) is 0.676. The first-order valence-electron chi connectivity index (χ1n) is 10.9. The minimum absolute atomic E-state index is 0.140. The topological polar surface area (TPSA) is 100 Å². The van der Waals surface area contributed by atoms with Crippen molar-refractivity contribution in [3.05, 3.63) is 60.2 Å². The Hall–Kier alpha value is -2.94. The van der Waals surface area contributed by atoms with E-state index in [0.29, 0.717) is 24.6 Å². The van der Waals surface area contributed by atoms with Gasteiger partial charge >= 0.3 is 5.97 Å². The van der Waals surface area contributed by atoms with Crippen molar-refractivity contribution in [2.75, 3.05) is 44.7 Å². The van der Waals surface area contributed by atoms with Gasteiger partial charge in [-0.3, -0.25) is 14.5 Å². The Labute approximate surface area is 188 Å². The van der Waals surface area contributed by atoms with Crippen LogP contribution in [0.3, 0.4) is 0 Å². The second-order valence-corrected chi connectivity index (χ2v) is 7.70. The molecule has 0 bridgehead atoms. The summed E-state index contributed by atoms with van der Waals surface area (Å²) in [5.41, 5.74) is 1.67. The lowest BCUT2D eigenvalue weighted by Crippen LogP contribution is -2.42. The van der Waals surface area contributed by atoms with Crippen LogP contribution in [0.1, 0.15) is 18.4 Å². The lowest BCUT2D eigenvalue weighted by atomic mass is 10.2. The highest BCUT2D eigenvalue weighted by Gasteiger charge is 2.21. The first kappa shape index (κ1) is 23.7. The molecule has 1 aliphatic heterocycles. The monoisotopic (exact) mass is 441 g/mol. The minimum atomic E-state index is -1.03. The predicted octanol–water partition coefficient (Wildman–Crippen LogP) is 2.36. The molecule has 0 aromatic heterocycles. The van der Waals surface area contributed by atoms with E-state index in [4.69, 9.17) is 9.47 Å². The number of ether oxygens (including phenoxy) is 2. The highest BCUT2D eigenvalue weighted by molar-refractivity contribution is 5.94. The van der Waals surface area contributed by atoms with Crippen molar-refractivity contribution in [2.45, 2.75) is 25.5 Å². The minimum Gasteiger partial charge on any atom is -0.489 e. The second kappa shape index (κ2) is 12.8. The molecule has 2 aromatic carbocycles. The van der Waals surface area contributed by atoms with Gasteiger partial charge in [0.15, 0.2) is 0 Å². The highest BCUT2D eigenvalue weighted by Crippen LogP contribution is 2.17. The molecule has 0 aliphatic carbocycles. The molecule has 8 heteroatoms. The smallest absolute Gasteiger partial charge is 0.321 e. The first-order chi connectivity index (χ1) is 15.6. The van der Waals surface area contributed by atoms with Gasteiger partial charge in [0.2, 0.25) is 5.91 Å². The van der Waals surface area contributed by atoms with E-state index in [1.165, 1.54) is 0 Å². The van der Waals surface area contributed by atoms with Gasteiger partial charge in [-0.1, -0.05) is 30.3 Å². The molecule has 1 fully saturated rings. The van der Waals surface area contributed by atoms with Crippen LogP contribution >= 0.6 is 0 Å². The maximum absolute atomic E-state index is 12.3. The third-order valence-corrected chi connectivity index (χ3v) is 5.22. The maximum atomic E-state index is 12.3. The molecule has 1 amide bonds. The molecular formula is C24H31N3O5. The van der Waals surface area contributed by atoms with Crippen LogP contribution in [0.5, 0.6) is 5.75 Å². The van der Waals surface area contributed by atoms with Crippen LogP contribution in [0, 0.1) is 0 Å². The number of hydrogen-bond acceptors (Lipinski definition) is 6. The molecule has 32 heavy (non-hydrogen) atoms. The third-order valence-electron chi connectivity index (χ3n) is 5.22. The number of nitrogens with zero attached hydrogens (tertiary/aromatic N) is 1. The van der Waals surface area contributed by atoms with E-state index in [1.54, 1.807) is 24.3 Å². The van der Waals surface area contributed by atoms with Crippen molar-refractivity contribution < 1.29 is 24.2 Å². The Balaban J connectivity index is 1.38. The largest absolute Gasteiger partial charge is 0.489 e. The van der Waals surface area contributed by atoms with E-state index in [-0.39, 0.29) is 12.3 Å². The zero-order valence-electron chi connectivity index (χ0n) is 18.2. The third kappa shape index (κ3) is 8.30. The number of nitrogens with one attached hydrogen (secondary N) is 2. The number of anilines is 1. The Morgan fingerprint density at radius 3 is 2.47 bits per heavy atom. The van der Waals surface area contributed by atoms with Crippen LogP contribution in [-0.2, 0) is 20.9 Å². The number of rotatable bonds is 12. The average Bonchev–Trinajstić information content (AvgIpc) is 2.82. The summed E-state index contributed by atoms with van der Waals surface area (Å²) in [5, 5.41) is 15.2. The van der Waals surface area contributed by atoms with Crippen molar-refractivity contribution in [3.63, 3.8) is 0 Å². The number of morpholine rings is 1. The number of carbonyl (C=O) groups is 2. The highest BCUT2D eigenvalue weighted by atomic mass is 16.5. The maximum Gasteiger partial charge on any atom is 0.321 e. The molecular weight excluding hydrogens is 410 g/mol. The van der Waals surface area contributed by atoms with Crippen molar-refractivity contribution in [1.29, 1.82) is 0 Å². The lowest BCUT2D eigenvalue weighted by molar-refractivity contribution is -0.141. The number of hydrogen-bond donors (Lipinski definition) is 3. The summed E-state index contributed by atoms with van der Waals surface area (Å²) in [6.45, 7) is 5.17. The van der Waals surface area contributed by atoms with E-state index < -0.39 is 12.0 Å². The molecule has 1 heterocycles. The van der Waals surface area contributed by atoms with Crippen LogP contribution < -0.4 is 15.4 Å². The number of amides is 1. The Morgan fingerprint density at radius 1 is 1.06 bits per heavy atom. The van der Waals surface area contributed by atoms with Gasteiger partial charge < -0.3 is 25.2 Å².